The van der Waals surface area contributed by atoms with Crippen molar-refractivity contribution in [2.45, 2.75) is 6.54 Å². The minimum atomic E-state index is 0.734. The number of rotatable bonds is 2. The van der Waals surface area contributed by atoms with Gasteiger partial charge in [0.05, 0.1) is 6.54 Å². The van der Waals surface area contributed by atoms with Crippen LogP contribution in [-0.4, -0.2) is 41.2 Å². The second-order valence-electron chi connectivity index (χ2n) is 4.21. The van der Waals surface area contributed by atoms with Gasteiger partial charge in [0.15, 0.2) is 6.33 Å². The van der Waals surface area contributed by atoms with Gasteiger partial charge in [-0.15, -0.1) is 0 Å². The molecule has 5 heteroatoms. The number of fused-ring (bicyclic) bond motifs is 1. The Morgan fingerprint density at radius 2 is 2.21 bits per heavy atom. The van der Waals surface area contributed by atoms with Gasteiger partial charge in [-0.3, -0.25) is 4.90 Å². The smallest absolute Gasteiger partial charge is 0.240 e. The van der Waals surface area contributed by atoms with Gasteiger partial charge < -0.3 is 9.84 Å². The second-order valence-corrected chi connectivity index (χ2v) is 4.21. The first-order chi connectivity index (χ1) is 6.92. The van der Waals surface area contributed by atoms with E-state index >= 15 is 0 Å². The molecule has 5 nitrogen and oxygen atoms in total. The Balaban J connectivity index is 1.61. The monoisotopic (exact) mass is 194 g/mol. The molecule has 14 heavy (non-hydrogen) atoms. The summed E-state index contributed by atoms with van der Waals surface area (Å²) in [6.07, 6.45) is 1.47. The first kappa shape index (κ1) is 8.38. The summed E-state index contributed by atoms with van der Waals surface area (Å²) in [6, 6.07) is 0. The molecule has 0 saturated carbocycles. The van der Waals surface area contributed by atoms with Crippen LogP contribution in [0.25, 0.3) is 0 Å². The quantitative estimate of drug-likeness (QED) is 0.701. The van der Waals surface area contributed by atoms with Gasteiger partial charge in [0.2, 0.25) is 5.89 Å². The Kier molecular flexibility index (Phi) is 1.99. The van der Waals surface area contributed by atoms with Crippen LogP contribution in [0.4, 0.5) is 0 Å². The molecule has 3 heterocycles. The maximum absolute atomic E-state index is 5.00. The first-order valence-electron chi connectivity index (χ1n) is 5.10. The Morgan fingerprint density at radius 1 is 1.43 bits per heavy atom. The number of aromatic nitrogens is 2. The molecule has 0 bridgehead atoms. The lowest BCUT2D eigenvalue weighted by Crippen LogP contribution is -2.25. The van der Waals surface area contributed by atoms with E-state index in [9.17, 15) is 0 Å². The van der Waals surface area contributed by atoms with Gasteiger partial charge in [0, 0.05) is 13.1 Å². The highest BCUT2D eigenvalue weighted by Gasteiger charge is 2.36. The van der Waals surface area contributed by atoms with E-state index in [1.807, 2.05) is 0 Å². The van der Waals surface area contributed by atoms with Gasteiger partial charge in [-0.1, -0.05) is 5.16 Å². The predicted molar refractivity (Wildman–Crippen MR) is 49.4 cm³/mol. The minimum absolute atomic E-state index is 0.734. The Hall–Kier alpha value is -0.940. The van der Waals surface area contributed by atoms with E-state index in [0.29, 0.717) is 0 Å². The van der Waals surface area contributed by atoms with Crippen LogP contribution >= 0.6 is 0 Å². The maximum Gasteiger partial charge on any atom is 0.240 e. The summed E-state index contributed by atoms with van der Waals surface area (Å²) in [5.41, 5.74) is 0. The van der Waals surface area contributed by atoms with Crippen molar-refractivity contribution < 1.29 is 4.52 Å². The molecule has 0 spiro atoms. The molecular formula is C9H14N4O. The van der Waals surface area contributed by atoms with Gasteiger partial charge in [0.1, 0.15) is 0 Å². The third-order valence-electron chi connectivity index (χ3n) is 3.23. The van der Waals surface area contributed by atoms with Crippen LogP contribution in [0.1, 0.15) is 5.89 Å². The molecular weight excluding hydrogens is 180 g/mol. The first-order valence-corrected chi connectivity index (χ1v) is 5.10. The lowest BCUT2D eigenvalue weighted by molar-refractivity contribution is 0.253. The molecule has 2 atom stereocenters. The summed E-state index contributed by atoms with van der Waals surface area (Å²) in [5, 5.41) is 7.04. The van der Waals surface area contributed by atoms with Crippen molar-refractivity contribution in [3.05, 3.63) is 12.2 Å². The number of nitrogens with one attached hydrogen (secondary N) is 1. The Morgan fingerprint density at radius 3 is 2.86 bits per heavy atom. The highest BCUT2D eigenvalue weighted by Crippen LogP contribution is 2.26. The van der Waals surface area contributed by atoms with E-state index in [-0.39, 0.29) is 0 Å². The van der Waals surface area contributed by atoms with Gasteiger partial charge in [0.25, 0.3) is 0 Å². The van der Waals surface area contributed by atoms with Crippen LogP contribution in [0.2, 0.25) is 0 Å². The predicted octanol–water partition coefficient (Wildman–Crippen LogP) is -0.279. The molecule has 76 valence electrons. The van der Waals surface area contributed by atoms with Crippen molar-refractivity contribution >= 4 is 0 Å². The lowest BCUT2D eigenvalue weighted by Gasteiger charge is -2.13. The van der Waals surface area contributed by atoms with Gasteiger partial charge in [-0.2, -0.15) is 4.98 Å². The fraction of sp³-hybridized carbons (Fsp3) is 0.778. The van der Waals surface area contributed by atoms with Crippen LogP contribution in [0.15, 0.2) is 10.9 Å². The average Bonchev–Trinajstić information content (AvgIpc) is 2.78. The molecule has 0 aromatic carbocycles. The average molecular weight is 194 g/mol. The number of hydrogen-bond acceptors (Lipinski definition) is 5. The molecule has 3 rings (SSSR count). The van der Waals surface area contributed by atoms with E-state index in [1.54, 1.807) is 0 Å². The van der Waals surface area contributed by atoms with Crippen molar-refractivity contribution in [2.24, 2.45) is 11.8 Å². The zero-order chi connectivity index (χ0) is 9.38. The SMILES string of the molecule is c1noc(CN2C[C@H]3CNC[C@H]3C2)n1. The second kappa shape index (κ2) is 3.33. The van der Waals surface area contributed by atoms with Crippen LogP contribution in [0, 0.1) is 11.8 Å². The molecule has 0 unspecified atom stereocenters. The van der Waals surface area contributed by atoms with Crippen LogP contribution in [0.5, 0.6) is 0 Å². The fourth-order valence-corrected chi connectivity index (χ4v) is 2.54. The summed E-state index contributed by atoms with van der Waals surface area (Å²) in [7, 11) is 0. The fourth-order valence-electron chi connectivity index (χ4n) is 2.54. The summed E-state index contributed by atoms with van der Waals surface area (Å²) in [6.45, 7) is 5.49. The zero-order valence-electron chi connectivity index (χ0n) is 8.02. The molecule has 2 aliphatic heterocycles. The van der Waals surface area contributed by atoms with E-state index in [1.165, 1.54) is 32.5 Å². The van der Waals surface area contributed by atoms with E-state index in [2.05, 4.69) is 20.4 Å². The normalized spacial score (nSPS) is 32.3. The van der Waals surface area contributed by atoms with Crippen molar-refractivity contribution in [2.75, 3.05) is 26.2 Å². The number of hydrogen-bond donors (Lipinski definition) is 1. The Bertz CT molecular complexity index is 288. The topological polar surface area (TPSA) is 54.2 Å². The molecule has 1 aromatic heterocycles. The standard InChI is InChI=1S/C9H14N4O/c1-7-3-13(4-8(7)2-10-1)5-9-11-6-12-14-9/h6-8,10H,1-5H2/t7-,8+. The molecule has 0 amide bonds. The molecule has 2 aliphatic rings. The molecule has 1 N–H and O–H groups in total. The summed E-state index contributed by atoms with van der Waals surface area (Å²) < 4.78 is 5.00. The van der Waals surface area contributed by atoms with Crippen LogP contribution in [-0.2, 0) is 6.54 Å². The molecule has 2 saturated heterocycles. The van der Waals surface area contributed by atoms with Crippen LogP contribution in [0.3, 0.4) is 0 Å². The summed E-state index contributed by atoms with van der Waals surface area (Å²) in [5.74, 6) is 2.40. The van der Waals surface area contributed by atoms with Gasteiger partial charge in [-0.05, 0) is 24.9 Å². The molecule has 1 aromatic rings. The Labute approximate surface area is 82.5 Å². The van der Waals surface area contributed by atoms with Gasteiger partial charge in [-0.25, -0.2) is 0 Å². The molecule has 2 fully saturated rings. The highest BCUT2D eigenvalue weighted by atomic mass is 16.5. The zero-order valence-corrected chi connectivity index (χ0v) is 8.02. The summed E-state index contributed by atoms with van der Waals surface area (Å²) >= 11 is 0. The minimum Gasteiger partial charge on any atom is -0.338 e. The third kappa shape index (κ3) is 1.42. The maximum atomic E-state index is 5.00. The summed E-state index contributed by atoms with van der Waals surface area (Å²) in [4.78, 5) is 6.45. The highest BCUT2D eigenvalue weighted by molar-refractivity contribution is 4.92. The van der Waals surface area contributed by atoms with E-state index < -0.39 is 0 Å². The van der Waals surface area contributed by atoms with E-state index in [4.69, 9.17) is 4.52 Å². The third-order valence-corrected chi connectivity index (χ3v) is 3.23. The largest absolute Gasteiger partial charge is 0.338 e. The van der Waals surface area contributed by atoms with Crippen molar-refractivity contribution in [1.82, 2.24) is 20.4 Å². The lowest BCUT2D eigenvalue weighted by atomic mass is 10.0. The number of likely N-dealkylation sites (tertiary alicyclic amines) is 1. The molecule has 0 aliphatic carbocycles. The van der Waals surface area contributed by atoms with Gasteiger partial charge >= 0.3 is 0 Å². The van der Waals surface area contributed by atoms with E-state index in [0.717, 1.165) is 24.3 Å². The molecule has 0 radical (unpaired) electrons. The van der Waals surface area contributed by atoms with Crippen molar-refractivity contribution in [3.8, 4) is 0 Å². The van der Waals surface area contributed by atoms with Crippen molar-refractivity contribution in [3.63, 3.8) is 0 Å². The van der Waals surface area contributed by atoms with Crippen molar-refractivity contribution in [1.29, 1.82) is 0 Å². The van der Waals surface area contributed by atoms with Crippen LogP contribution < -0.4 is 5.32 Å². The number of nitrogens with zero attached hydrogens (tertiary/aromatic N) is 3.